The van der Waals surface area contributed by atoms with Crippen molar-refractivity contribution in [2.24, 2.45) is 0 Å². The van der Waals surface area contributed by atoms with Crippen LogP contribution in [0.25, 0.3) is 11.5 Å². The molecule has 0 bridgehead atoms. The molecule has 2 aliphatic rings. The maximum absolute atomic E-state index is 5.80. The molecule has 7 nitrogen and oxygen atoms in total. The standard InChI is InChI=1S/C17H21N3O4/c1-21-14-4-2-13(3-5-14)16-19-18-15(24-16)12-20-8-6-17(7-9-20)22-10-11-23-17/h2-5H,6-12H2,1H3. The van der Waals surface area contributed by atoms with Gasteiger partial charge in [-0.2, -0.15) is 0 Å². The van der Waals surface area contributed by atoms with Gasteiger partial charge in [0.25, 0.3) is 0 Å². The van der Waals surface area contributed by atoms with E-state index in [0.717, 1.165) is 37.2 Å². The molecule has 2 aliphatic heterocycles. The number of benzene rings is 1. The second-order valence-corrected chi connectivity index (χ2v) is 6.11. The van der Waals surface area contributed by atoms with Crippen LogP contribution >= 0.6 is 0 Å². The van der Waals surface area contributed by atoms with E-state index in [2.05, 4.69) is 15.1 Å². The van der Waals surface area contributed by atoms with Gasteiger partial charge in [-0.05, 0) is 24.3 Å². The number of rotatable bonds is 4. The van der Waals surface area contributed by atoms with Crippen molar-refractivity contribution in [2.75, 3.05) is 33.4 Å². The quantitative estimate of drug-likeness (QED) is 0.849. The third-order valence-electron chi connectivity index (χ3n) is 4.59. The average Bonchev–Trinajstić information content (AvgIpc) is 3.27. The summed E-state index contributed by atoms with van der Waals surface area (Å²) in [4.78, 5) is 2.29. The Morgan fingerprint density at radius 3 is 2.46 bits per heavy atom. The number of aromatic nitrogens is 2. The SMILES string of the molecule is COc1ccc(-c2nnc(CN3CCC4(CC3)OCCO4)o2)cc1. The van der Waals surface area contributed by atoms with E-state index < -0.39 is 0 Å². The molecule has 0 aliphatic carbocycles. The van der Waals surface area contributed by atoms with Gasteiger partial charge in [0, 0.05) is 31.5 Å². The number of methoxy groups -OCH3 is 1. The third kappa shape index (κ3) is 3.15. The Balaban J connectivity index is 1.37. The maximum Gasteiger partial charge on any atom is 0.247 e. The molecule has 0 saturated carbocycles. The van der Waals surface area contributed by atoms with Gasteiger partial charge in [0.2, 0.25) is 11.8 Å². The van der Waals surface area contributed by atoms with Crippen molar-refractivity contribution >= 4 is 0 Å². The van der Waals surface area contributed by atoms with Crippen molar-refractivity contribution in [1.82, 2.24) is 15.1 Å². The molecule has 0 unspecified atom stereocenters. The van der Waals surface area contributed by atoms with E-state index in [4.69, 9.17) is 18.6 Å². The van der Waals surface area contributed by atoms with Gasteiger partial charge in [0.1, 0.15) is 5.75 Å². The molecule has 4 rings (SSSR count). The van der Waals surface area contributed by atoms with Gasteiger partial charge < -0.3 is 18.6 Å². The van der Waals surface area contributed by atoms with Crippen molar-refractivity contribution < 1.29 is 18.6 Å². The first-order valence-electron chi connectivity index (χ1n) is 8.23. The lowest BCUT2D eigenvalue weighted by Gasteiger charge is -2.36. The highest BCUT2D eigenvalue weighted by Gasteiger charge is 2.39. The fraction of sp³-hybridized carbons (Fsp3) is 0.529. The van der Waals surface area contributed by atoms with Crippen LogP contribution in [0, 0.1) is 0 Å². The highest BCUT2D eigenvalue weighted by atomic mass is 16.7. The Bertz CT molecular complexity index is 669. The zero-order valence-corrected chi connectivity index (χ0v) is 13.7. The van der Waals surface area contributed by atoms with E-state index >= 15 is 0 Å². The summed E-state index contributed by atoms with van der Waals surface area (Å²) in [5.74, 6) is 1.62. The van der Waals surface area contributed by atoms with Crippen LogP contribution in [0.1, 0.15) is 18.7 Å². The minimum Gasteiger partial charge on any atom is -0.497 e. The highest BCUT2D eigenvalue weighted by Crippen LogP contribution is 2.31. The molecule has 0 amide bonds. The van der Waals surface area contributed by atoms with Gasteiger partial charge in [-0.25, -0.2) is 0 Å². The summed E-state index contributed by atoms with van der Waals surface area (Å²) in [6.07, 6.45) is 1.76. The minimum atomic E-state index is -0.348. The predicted molar refractivity (Wildman–Crippen MR) is 85.4 cm³/mol. The molecular weight excluding hydrogens is 310 g/mol. The minimum absolute atomic E-state index is 0.348. The summed E-state index contributed by atoms with van der Waals surface area (Å²) in [5, 5.41) is 8.31. The van der Waals surface area contributed by atoms with Crippen LogP contribution in [0.3, 0.4) is 0 Å². The van der Waals surface area contributed by atoms with Crippen LogP contribution in [0.4, 0.5) is 0 Å². The normalized spacial score (nSPS) is 20.5. The summed E-state index contributed by atoms with van der Waals surface area (Å²) in [6, 6.07) is 7.58. The predicted octanol–water partition coefficient (Wildman–Crippen LogP) is 2.08. The van der Waals surface area contributed by atoms with E-state index in [-0.39, 0.29) is 5.79 Å². The van der Waals surface area contributed by atoms with Gasteiger partial charge in [-0.15, -0.1) is 10.2 Å². The summed E-state index contributed by atoms with van der Waals surface area (Å²) < 4.78 is 22.5. The maximum atomic E-state index is 5.80. The Morgan fingerprint density at radius 1 is 1.08 bits per heavy atom. The second-order valence-electron chi connectivity index (χ2n) is 6.11. The summed E-state index contributed by atoms with van der Waals surface area (Å²) >= 11 is 0. The van der Waals surface area contributed by atoms with Crippen molar-refractivity contribution in [1.29, 1.82) is 0 Å². The average molecular weight is 331 g/mol. The third-order valence-corrected chi connectivity index (χ3v) is 4.59. The second kappa shape index (κ2) is 6.51. The number of ether oxygens (including phenoxy) is 3. The molecule has 128 valence electrons. The lowest BCUT2D eigenvalue weighted by Crippen LogP contribution is -2.44. The lowest BCUT2D eigenvalue weighted by molar-refractivity contribution is -0.186. The molecule has 1 aromatic carbocycles. The molecule has 3 heterocycles. The molecule has 7 heteroatoms. The molecule has 24 heavy (non-hydrogen) atoms. The van der Waals surface area contributed by atoms with E-state index in [0.29, 0.717) is 31.5 Å². The van der Waals surface area contributed by atoms with Gasteiger partial charge in [0.15, 0.2) is 5.79 Å². The summed E-state index contributed by atoms with van der Waals surface area (Å²) in [5.41, 5.74) is 0.889. The number of likely N-dealkylation sites (tertiary alicyclic amines) is 1. The molecule has 2 fully saturated rings. The van der Waals surface area contributed by atoms with Gasteiger partial charge in [-0.3, -0.25) is 4.90 Å². The van der Waals surface area contributed by atoms with Crippen molar-refractivity contribution in [2.45, 2.75) is 25.2 Å². The zero-order valence-electron chi connectivity index (χ0n) is 13.7. The molecule has 1 spiro atoms. The van der Waals surface area contributed by atoms with Crippen molar-refractivity contribution in [3.8, 4) is 17.2 Å². The molecule has 0 atom stereocenters. The van der Waals surface area contributed by atoms with E-state index in [1.807, 2.05) is 24.3 Å². The van der Waals surface area contributed by atoms with Crippen LogP contribution in [0.2, 0.25) is 0 Å². The van der Waals surface area contributed by atoms with Gasteiger partial charge >= 0.3 is 0 Å². The Kier molecular flexibility index (Phi) is 4.22. The molecule has 0 N–H and O–H groups in total. The smallest absolute Gasteiger partial charge is 0.247 e. The first-order chi connectivity index (χ1) is 11.8. The number of nitrogens with zero attached hydrogens (tertiary/aromatic N) is 3. The lowest BCUT2D eigenvalue weighted by atomic mass is 10.0. The first-order valence-corrected chi connectivity index (χ1v) is 8.23. The van der Waals surface area contributed by atoms with Crippen LogP contribution in [0.15, 0.2) is 28.7 Å². The Morgan fingerprint density at radius 2 is 1.79 bits per heavy atom. The van der Waals surface area contributed by atoms with E-state index in [1.165, 1.54) is 0 Å². The molecule has 2 aromatic rings. The van der Waals surface area contributed by atoms with Crippen LogP contribution in [0.5, 0.6) is 5.75 Å². The molecular formula is C17H21N3O4. The Hall–Kier alpha value is -1.96. The monoisotopic (exact) mass is 331 g/mol. The fourth-order valence-electron chi connectivity index (χ4n) is 3.20. The highest BCUT2D eigenvalue weighted by molar-refractivity contribution is 5.53. The molecule has 1 aromatic heterocycles. The van der Waals surface area contributed by atoms with E-state index in [1.54, 1.807) is 7.11 Å². The van der Waals surface area contributed by atoms with E-state index in [9.17, 15) is 0 Å². The molecule has 2 saturated heterocycles. The first kappa shape index (κ1) is 15.6. The van der Waals surface area contributed by atoms with Crippen molar-refractivity contribution in [3.63, 3.8) is 0 Å². The summed E-state index contributed by atoms with van der Waals surface area (Å²) in [7, 11) is 1.64. The fourth-order valence-corrected chi connectivity index (χ4v) is 3.20. The molecule has 0 radical (unpaired) electrons. The topological polar surface area (TPSA) is 69.9 Å². The number of piperidine rings is 1. The largest absolute Gasteiger partial charge is 0.497 e. The van der Waals surface area contributed by atoms with Gasteiger partial charge in [0.05, 0.1) is 26.9 Å². The summed E-state index contributed by atoms with van der Waals surface area (Å²) in [6.45, 7) is 3.86. The Labute approximate surface area is 140 Å². The number of hydrogen-bond acceptors (Lipinski definition) is 7. The number of hydrogen-bond donors (Lipinski definition) is 0. The van der Waals surface area contributed by atoms with Crippen LogP contribution in [-0.4, -0.2) is 54.3 Å². The van der Waals surface area contributed by atoms with Crippen LogP contribution in [-0.2, 0) is 16.0 Å². The van der Waals surface area contributed by atoms with Crippen LogP contribution < -0.4 is 4.74 Å². The zero-order chi connectivity index (χ0) is 16.4. The van der Waals surface area contributed by atoms with Crippen molar-refractivity contribution in [3.05, 3.63) is 30.2 Å². The van der Waals surface area contributed by atoms with Gasteiger partial charge in [-0.1, -0.05) is 0 Å².